The maximum Gasteiger partial charge on any atom is 0.0723 e. The second-order valence-corrected chi connectivity index (χ2v) is 4.54. The van der Waals surface area contributed by atoms with Gasteiger partial charge in [-0.05, 0) is 23.8 Å². The molecule has 3 aromatic rings. The molecule has 1 nitrogen and oxygen atoms in total. The number of rotatable bonds is 2. The fourth-order valence-corrected chi connectivity index (χ4v) is 2.34. The zero-order valence-electron chi connectivity index (χ0n) is 10.2. The van der Waals surface area contributed by atoms with E-state index in [1.54, 1.807) is 6.20 Å². The maximum absolute atomic E-state index is 6.51. The van der Waals surface area contributed by atoms with Crippen molar-refractivity contribution in [3.05, 3.63) is 77.9 Å². The van der Waals surface area contributed by atoms with E-state index in [1.807, 2.05) is 60.7 Å². The van der Waals surface area contributed by atoms with Gasteiger partial charge in [0.1, 0.15) is 0 Å². The minimum Gasteiger partial charge on any atom is -0.256 e. The fourth-order valence-electron chi connectivity index (χ4n) is 2.02. The summed E-state index contributed by atoms with van der Waals surface area (Å²) in [5.41, 5.74) is 3.77. The van der Waals surface area contributed by atoms with Gasteiger partial charge in [-0.15, -0.1) is 0 Å². The lowest BCUT2D eigenvalue weighted by molar-refractivity contribution is 1.32. The summed E-state index contributed by atoms with van der Waals surface area (Å²) in [6.07, 6.45) is 1.76. The summed E-state index contributed by atoms with van der Waals surface area (Å²) >= 11 is 6.51. The van der Waals surface area contributed by atoms with Crippen LogP contribution in [-0.4, -0.2) is 4.98 Å². The van der Waals surface area contributed by atoms with Gasteiger partial charge in [0.15, 0.2) is 0 Å². The fraction of sp³-hybridized carbons (Fsp3) is 0. The quantitative estimate of drug-likeness (QED) is 0.643. The van der Waals surface area contributed by atoms with Crippen molar-refractivity contribution < 1.29 is 0 Å². The molecule has 0 atom stereocenters. The van der Waals surface area contributed by atoms with Gasteiger partial charge in [-0.3, -0.25) is 4.98 Å². The van der Waals surface area contributed by atoms with E-state index in [0.29, 0.717) is 5.02 Å². The van der Waals surface area contributed by atoms with Crippen molar-refractivity contribution >= 4 is 11.6 Å². The van der Waals surface area contributed by atoms with E-state index in [9.17, 15) is 0 Å². The molecule has 2 heteroatoms. The van der Waals surface area contributed by atoms with Gasteiger partial charge >= 0.3 is 0 Å². The van der Waals surface area contributed by atoms with Gasteiger partial charge < -0.3 is 0 Å². The van der Waals surface area contributed by atoms with Gasteiger partial charge in [0.25, 0.3) is 0 Å². The molecule has 1 aromatic heterocycles. The van der Waals surface area contributed by atoms with E-state index in [-0.39, 0.29) is 0 Å². The zero-order chi connectivity index (χ0) is 13.1. The number of halogens is 1. The maximum atomic E-state index is 6.51. The van der Waals surface area contributed by atoms with Crippen molar-refractivity contribution in [1.29, 1.82) is 0 Å². The Kier molecular flexibility index (Phi) is 3.30. The molecule has 0 amide bonds. The Morgan fingerprint density at radius 1 is 0.895 bits per heavy atom. The molecule has 1 heterocycles. The summed E-state index contributed by atoms with van der Waals surface area (Å²) in [5.74, 6) is 0. The summed E-state index contributed by atoms with van der Waals surface area (Å²) in [6, 6.07) is 22.9. The molecular weight excluding hydrogens is 254 g/mol. The van der Waals surface area contributed by atoms with Crippen LogP contribution in [0.3, 0.4) is 0 Å². The first-order chi connectivity index (χ1) is 9.36. The molecule has 19 heavy (non-hydrogen) atoms. The Hall–Kier alpha value is -2.12. The van der Waals surface area contributed by atoms with Gasteiger partial charge in [-0.25, -0.2) is 0 Å². The Labute approximate surface area is 117 Å². The highest BCUT2D eigenvalue weighted by atomic mass is 35.5. The third kappa shape index (κ3) is 2.38. The third-order valence-corrected chi connectivity index (χ3v) is 3.33. The van der Waals surface area contributed by atoms with Crippen LogP contribution in [0.2, 0.25) is 5.02 Å². The minimum absolute atomic E-state index is 0.687. The molecule has 0 unspecified atom stereocenters. The first kappa shape index (κ1) is 11.9. The summed E-state index contributed by atoms with van der Waals surface area (Å²) < 4.78 is 0. The van der Waals surface area contributed by atoms with E-state index in [0.717, 1.165) is 22.4 Å². The lowest BCUT2D eigenvalue weighted by Crippen LogP contribution is -1.87. The first-order valence-electron chi connectivity index (χ1n) is 6.03. The highest BCUT2D eigenvalue weighted by molar-refractivity contribution is 6.36. The van der Waals surface area contributed by atoms with Crippen molar-refractivity contribution in [2.24, 2.45) is 0 Å². The molecule has 0 saturated carbocycles. The van der Waals surface area contributed by atoms with E-state index in [2.05, 4.69) is 11.1 Å². The largest absolute Gasteiger partial charge is 0.256 e. The van der Waals surface area contributed by atoms with Crippen LogP contribution in [-0.2, 0) is 0 Å². The number of aromatic nitrogens is 1. The number of benzene rings is 2. The molecule has 0 fully saturated rings. The second-order valence-electron chi connectivity index (χ2n) is 4.16. The minimum atomic E-state index is 0.687. The highest BCUT2D eigenvalue weighted by Crippen LogP contribution is 2.34. The SMILES string of the molecule is Clc1c(-c2ccccn2)[c]ccc1-c1ccccc1. The van der Waals surface area contributed by atoms with Crippen LogP contribution in [0, 0.1) is 6.07 Å². The third-order valence-electron chi connectivity index (χ3n) is 2.94. The van der Waals surface area contributed by atoms with Gasteiger partial charge in [0.2, 0.25) is 0 Å². The molecule has 0 spiro atoms. The van der Waals surface area contributed by atoms with Crippen molar-refractivity contribution in [1.82, 2.24) is 4.98 Å². The lowest BCUT2D eigenvalue weighted by atomic mass is 10.0. The van der Waals surface area contributed by atoms with Crippen molar-refractivity contribution in [2.45, 2.75) is 0 Å². The van der Waals surface area contributed by atoms with Crippen molar-refractivity contribution in [3.63, 3.8) is 0 Å². The molecule has 1 radical (unpaired) electrons. The van der Waals surface area contributed by atoms with Crippen LogP contribution in [0.5, 0.6) is 0 Å². The van der Waals surface area contributed by atoms with E-state index < -0.39 is 0 Å². The summed E-state index contributed by atoms with van der Waals surface area (Å²) in [6.45, 7) is 0. The molecule has 3 rings (SSSR count). The molecule has 0 aliphatic carbocycles. The van der Waals surface area contributed by atoms with Crippen LogP contribution in [0.15, 0.2) is 66.9 Å². The Morgan fingerprint density at radius 2 is 1.68 bits per heavy atom. The molecule has 0 bridgehead atoms. The average Bonchev–Trinajstić information content (AvgIpc) is 2.49. The number of hydrogen-bond acceptors (Lipinski definition) is 1. The van der Waals surface area contributed by atoms with Gasteiger partial charge in [-0.2, -0.15) is 0 Å². The number of nitrogens with zero attached hydrogens (tertiary/aromatic N) is 1. The standard InChI is InChI=1S/C17H11ClN/c18-17-14(13-7-2-1-3-8-13)9-6-10-15(17)16-11-4-5-12-19-16/h1-9,11-12H. The molecular formula is C17H11ClN. The van der Waals surface area contributed by atoms with Crippen LogP contribution in [0.4, 0.5) is 0 Å². The van der Waals surface area contributed by atoms with Crippen molar-refractivity contribution in [3.8, 4) is 22.4 Å². The highest BCUT2D eigenvalue weighted by Gasteiger charge is 2.10. The Bertz CT molecular complexity index is 620. The molecule has 0 aliphatic heterocycles. The number of pyridine rings is 1. The second kappa shape index (κ2) is 5.25. The van der Waals surface area contributed by atoms with E-state index >= 15 is 0 Å². The predicted octanol–water partition coefficient (Wildman–Crippen LogP) is 4.87. The first-order valence-corrected chi connectivity index (χ1v) is 6.41. The van der Waals surface area contributed by atoms with Crippen LogP contribution in [0.25, 0.3) is 22.4 Å². The predicted molar refractivity (Wildman–Crippen MR) is 79.0 cm³/mol. The zero-order valence-corrected chi connectivity index (χ0v) is 10.9. The Morgan fingerprint density at radius 3 is 2.42 bits per heavy atom. The van der Waals surface area contributed by atoms with Crippen LogP contribution >= 0.6 is 11.6 Å². The monoisotopic (exact) mass is 264 g/mol. The van der Waals surface area contributed by atoms with Crippen LogP contribution < -0.4 is 0 Å². The molecule has 0 N–H and O–H groups in total. The van der Waals surface area contributed by atoms with Gasteiger partial charge in [-0.1, -0.05) is 60.1 Å². The summed E-state index contributed by atoms with van der Waals surface area (Å²) in [7, 11) is 0. The topological polar surface area (TPSA) is 12.9 Å². The van der Waals surface area contributed by atoms with E-state index in [1.165, 1.54) is 0 Å². The lowest BCUT2D eigenvalue weighted by Gasteiger charge is -2.09. The average molecular weight is 265 g/mol. The smallest absolute Gasteiger partial charge is 0.0723 e. The molecule has 0 aliphatic rings. The molecule has 2 aromatic carbocycles. The summed E-state index contributed by atoms with van der Waals surface area (Å²) in [4.78, 5) is 4.33. The number of hydrogen-bond donors (Lipinski definition) is 0. The van der Waals surface area contributed by atoms with Crippen LogP contribution in [0.1, 0.15) is 0 Å². The van der Waals surface area contributed by atoms with Gasteiger partial charge in [0.05, 0.1) is 10.7 Å². The van der Waals surface area contributed by atoms with E-state index in [4.69, 9.17) is 11.6 Å². The Balaban J connectivity index is 2.15. The molecule has 0 saturated heterocycles. The normalized spacial score (nSPS) is 10.4. The molecule has 91 valence electrons. The van der Waals surface area contributed by atoms with Crippen molar-refractivity contribution in [2.75, 3.05) is 0 Å². The van der Waals surface area contributed by atoms with Gasteiger partial charge in [0, 0.05) is 17.3 Å². The summed E-state index contributed by atoms with van der Waals surface area (Å²) in [5, 5.41) is 0.687.